The van der Waals surface area contributed by atoms with Crippen LogP contribution in [-0.4, -0.2) is 37.0 Å². The van der Waals surface area contributed by atoms with E-state index in [9.17, 15) is 18.0 Å². The third-order valence-corrected chi connectivity index (χ3v) is 4.23. The van der Waals surface area contributed by atoms with Gasteiger partial charge in [0.25, 0.3) is 5.91 Å². The highest BCUT2D eigenvalue weighted by Gasteiger charge is 2.30. The predicted octanol–water partition coefficient (Wildman–Crippen LogP) is 1.84. The van der Waals surface area contributed by atoms with E-state index in [0.717, 1.165) is 30.8 Å². The van der Waals surface area contributed by atoms with Crippen molar-refractivity contribution in [1.82, 2.24) is 4.90 Å². The van der Waals surface area contributed by atoms with E-state index >= 15 is 0 Å². The summed E-state index contributed by atoms with van der Waals surface area (Å²) in [7, 11) is 0. The number of amides is 1. The second-order valence-electron chi connectivity index (χ2n) is 5.89. The van der Waals surface area contributed by atoms with Crippen molar-refractivity contribution in [3.63, 3.8) is 0 Å². The van der Waals surface area contributed by atoms with Crippen molar-refractivity contribution >= 4 is 5.91 Å². The van der Waals surface area contributed by atoms with Crippen LogP contribution < -0.4 is 4.90 Å². The second-order valence-corrected chi connectivity index (χ2v) is 5.89. The van der Waals surface area contributed by atoms with Crippen molar-refractivity contribution in [2.24, 2.45) is 0 Å². The summed E-state index contributed by atoms with van der Waals surface area (Å²) in [5, 5.41) is 0. The normalized spacial score (nSPS) is 16.4. The number of quaternary nitrogens is 1. The number of halogens is 3. The Morgan fingerprint density at radius 1 is 1.12 bits per heavy atom. The van der Waals surface area contributed by atoms with Gasteiger partial charge in [-0.25, -0.2) is 0 Å². The van der Waals surface area contributed by atoms with E-state index < -0.39 is 11.7 Å². The molecule has 24 heavy (non-hydrogen) atoms. The SMILES string of the molecule is O=C(c1ccco1)N1CC[NH+](Cc2ccc(C(F)(F)F)cc2)CC1. The minimum atomic E-state index is -4.30. The molecular weight excluding hydrogens is 321 g/mol. The summed E-state index contributed by atoms with van der Waals surface area (Å²) < 4.78 is 42.8. The van der Waals surface area contributed by atoms with Crippen molar-refractivity contribution in [3.05, 3.63) is 59.5 Å². The maximum absolute atomic E-state index is 12.6. The van der Waals surface area contributed by atoms with Gasteiger partial charge in [-0.05, 0) is 24.3 Å². The lowest BCUT2D eigenvalue weighted by Gasteiger charge is -2.31. The molecule has 1 aliphatic rings. The van der Waals surface area contributed by atoms with Gasteiger partial charge in [0, 0.05) is 5.56 Å². The maximum Gasteiger partial charge on any atom is 0.416 e. The highest BCUT2D eigenvalue weighted by Crippen LogP contribution is 2.28. The molecule has 0 aliphatic carbocycles. The molecule has 2 aromatic rings. The van der Waals surface area contributed by atoms with Crippen LogP contribution in [0.4, 0.5) is 13.2 Å². The van der Waals surface area contributed by atoms with Crippen LogP contribution in [0.5, 0.6) is 0 Å². The number of carbonyl (C=O) groups is 1. The van der Waals surface area contributed by atoms with Crippen molar-refractivity contribution in [2.75, 3.05) is 26.2 Å². The lowest BCUT2D eigenvalue weighted by atomic mass is 10.1. The molecule has 1 N–H and O–H groups in total. The molecule has 1 fully saturated rings. The Hall–Kier alpha value is -2.28. The third-order valence-electron chi connectivity index (χ3n) is 4.23. The fourth-order valence-corrected chi connectivity index (χ4v) is 2.86. The molecule has 2 heterocycles. The molecule has 0 radical (unpaired) electrons. The number of piperazine rings is 1. The van der Waals surface area contributed by atoms with Crippen molar-refractivity contribution in [2.45, 2.75) is 12.7 Å². The largest absolute Gasteiger partial charge is 0.459 e. The zero-order valence-electron chi connectivity index (χ0n) is 13.0. The molecule has 3 rings (SSSR count). The number of rotatable bonds is 3. The summed E-state index contributed by atoms with van der Waals surface area (Å²) in [6, 6.07) is 8.60. The van der Waals surface area contributed by atoms with E-state index in [2.05, 4.69) is 0 Å². The Kier molecular flexibility index (Phi) is 4.62. The fourth-order valence-electron chi connectivity index (χ4n) is 2.86. The average molecular weight is 339 g/mol. The summed E-state index contributed by atoms with van der Waals surface area (Å²) >= 11 is 0. The van der Waals surface area contributed by atoms with Crippen molar-refractivity contribution in [3.8, 4) is 0 Å². The van der Waals surface area contributed by atoms with Crippen LogP contribution in [0.25, 0.3) is 0 Å². The molecule has 1 amide bonds. The molecule has 0 bridgehead atoms. The molecule has 0 unspecified atom stereocenters. The smallest absolute Gasteiger partial charge is 0.416 e. The van der Waals surface area contributed by atoms with Crippen LogP contribution >= 0.6 is 0 Å². The molecule has 0 atom stereocenters. The van der Waals surface area contributed by atoms with E-state index in [1.165, 1.54) is 23.3 Å². The minimum Gasteiger partial charge on any atom is -0.459 e. The molecule has 4 nitrogen and oxygen atoms in total. The molecule has 1 saturated heterocycles. The summed E-state index contributed by atoms with van der Waals surface area (Å²) in [4.78, 5) is 15.2. The number of hydrogen-bond acceptors (Lipinski definition) is 2. The average Bonchev–Trinajstić information content (AvgIpc) is 3.09. The highest BCUT2D eigenvalue weighted by atomic mass is 19.4. The molecule has 7 heteroatoms. The summed E-state index contributed by atoms with van der Waals surface area (Å²) in [5.74, 6) is 0.217. The monoisotopic (exact) mass is 339 g/mol. The topological polar surface area (TPSA) is 37.9 Å². The number of alkyl halides is 3. The summed E-state index contributed by atoms with van der Waals surface area (Å²) in [5.41, 5.74) is 0.235. The number of nitrogens with one attached hydrogen (secondary N) is 1. The van der Waals surface area contributed by atoms with Crippen LogP contribution in [0.15, 0.2) is 47.1 Å². The van der Waals surface area contributed by atoms with Crippen molar-refractivity contribution < 1.29 is 27.3 Å². The van der Waals surface area contributed by atoms with E-state index in [4.69, 9.17) is 4.42 Å². The Bertz CT molecular complexity index is 673. The van der Waals surface area contributed by atoms with Gasteiger partial charge in [0.1, 0.15) is 6.54 Å². The highest BCUT2D eigenvalue weighted by molar-refractivity contribution is 5.91. The van der Waals surface area contributed by atoms with Gasteiger partial charge in [0.05, 0.1) is 38.0 Å². The Morgan fingerprint density at radius 2 is 1.79 bits per heavy atom. The van der Waals surface area contributed by atoms with E-state index in [1.54, 1.807) is 17.0 Å². The van der Waals surface area contributed by atoms with Crippen LogP contribution in [0.2, 0.25) is 0 Å². The van der Waals surface area contributed by atoms with Gasteiger partial charge in [-0.15, -0.1) is 0 Å². The first kappa shape index (κ1) is 16.6. The van der Waals surface area contributed by atoms with Gasteiger partial charge < -0.3 is 14.2 Å². The molecule has 0 saturated carbocycles. The van der Waals surface area contributed by atoms with Crippen LogP contribution in [0.1, 0.15) is 21.7 Å². The zero-order valence-corrected chi connectivity index (χ0v) is 13.0. The number of furan rings is 1. The standard InChI is InChI=1S/C17H17F3N2O2/c18-17(19,20)14-5-3-13(4-6-14)12-21-7-9-22(10-8-21)16(23)15-2-1-11-24-15/h1-6,11H,7-10,12H2/p+1. The van der Waals surface area contributed by atoms with E-state index in [-0.39, 0.29) is 5.91 Å². The van der Waals surface area contributed by atoms with Crippen LogP contribution in [0, 0.1) is 0 Å². The van der Waals surface area contributed by atoms with Crippen LogP contribution in [0.3, 0.4) is 0 Å². The van der Waals surface area contributed by atoms with Gasteiger partial charge in [0.15, 0.2) is 5.76 Å². The zero-order chi connectivity index (χ0) is 17.2. The van der Waals surface area contributed by atoms with Gasteiger partial charge in [0.2, 0.25) is 0 Å². The van der Waals surface area contributed by atoms with Gasteiger partial charge in [-0.2, -0.15) is 13.2 Å². The number of hydrogen-bond donors (Lipinski definition) is 1. The minimum absolute atomic E-state index is 0.117. The second kappa shape index (κ2) is 6.68. The number of benzene rings is 1. The van der Waals surface area contributed by atoms with Gasteiger partial charge >= 0.3 is 6.18 Å². The molecule has 0 spiro atoms. The first-order chi connectivity index (χ1) is 11.4. The Labute approximate surface area is 137 Å². The fraction of sp³-hybridized carbons (Fsp3) is 0.353. The number of nitrogens with zero attached hydrogens (tertiary/aromatic N) is 1. The quantitative estimate of drug-likeness (QED) is 0.927. The Balaban J connectivity index is 1.53. The molecule has 1 aliphatic heterocycles. The predicted molar refractivity (Wildman–Crippen MR) is 80.5 cm³/mol. The first-order valence-electron chi connectivity index (χ1n) is 7.76. The Morgan fingerprint density at radius 3 is 2.33 bits per heavy atom. The third kappa shape index (κ3) is 3.79. The van der Waals surface area contributed by atoms with Gasteiger partial charge in [-0.3, -0.25) is 4.79 Å². The van der Waals surface area contributed by atoms with Crippen LogP contribution in [-0.2, 0) is 12.7 Å². The lowest BCUT2D eigenvalue weighted by molar-refractivity contribution is -0.917. The maximum atomic E-state index is 12.6. The van der Waals surface area contributed by atoms with Crippen molar-refractivity contribution in [1.29, 1.82) is 0 Å². The molecule has 128 valence electrons. The lowest BCUT2D eigenvalue weighted by Crippen LogP contribution is -3.13. The molecule has 1 aromatic heterocycles. The first-order valence-corrected chi connectivity index (χ1v) is 7.76. The van der Waals surface area contributed by atoms with Gasteiger partial charge in [-0.1, -0.05) is 12.1 Å². The number of carbonyl (C=O) groups excluding carboxylic acids is 1. The van der Waals surface area contributed by atoms with E-state index in [1.807, 2.05) is 0 Å². The van der Waals surface area contributed by atoms with E-state index in [0.29, 0.717) is 25.4 Å². The summed E-state index contributed by atoms with van der Waals surface area (Å²) in [6.45, 7) is 3.38. The molecule has 1 aromatic carbocycles. The summed E-state index contributed by atoms with van der Waals surface area (Å²) in [6.07, 6.45) is -2.83. The molecular formula is C17H18F3N2O2+.